The second-order valence-corrected chi connectivity index (χ2v) is 10.1. The highest BCUT2D eigenvalue weighted by Gasteiger charge is 2.39. The summed E-state index contributed by atoms with van der Waals surface area (Å²) in [5.74, 6) is -0.487. The van der Waals surface area contributed by atoms with E-state index in [0.717, 1.165) is 31.2 Å². The first-order chi connectivity index (χ1) is 17.8. The Labute approximate surface area is 227 Å². The van der Waals surface area contributed by atoms with E-state index in [1.807, 2.05) is 13.8 Å². The average molecular weight is 537 g/mol. The number of hydrogen-bond donors (Lipinski definition) is 3. The van der Waals surface area contributed by atoms with Crippen molar-refractivity contribution in [1.29, 1.82) is 0 Å². The molecule has 4 N–H and O–H groups in total. The van der Waals surface area contributed by atoms with Crippen molar-refractivity contribution in [3.63, 3.8) is 0 Å². The number of alkyl halides is 1. The molecule has 2 aromatic carbocycles. The third kappa shape index (κ3) is 13.3. The maximum Gasteiger partial charge on any atom is 0.267 e. The van der Waals surface area contributed by atoms with E-state index < -0.39 is 11.6 Å². The highest BCUT2D eigenvalue weighted by Crippen LogP contribution is 2.33. The van der Waals surface area contributed by atoms with Crippen LogP contribution in [-0.2, 0) is 16.1 Å². The number of quaternary nitrogens is 1. The second kappa shape index (κ2) is 19.0. The molecule has 37 heavy (non-hydrogen) atoms. The molecule has 0 saturated heterocycles. The molecule has 0 atom stereocenters. The smallest absolute Gasteiger partial charge is 0.267 e. The number of nitrogens with zero attached hydrogens (tertiary/aromatic N) is 1. The van der Waals surface area contributed by atoms with E-state index in [1.54, 1.807) is 12.1 Å². The largest absolute Gasteiger partial charge is 0.503 e. The molecular formula is C29H47FN3O3S+. The number of aromatic hydroxyl groups is 1. The van der Waals surface area contributed by atoms with Crippen LogP contribution in [0, 0.1) is 0 Å². The van der Waals surface area contributed by atoms with Crippen LogP contribution in [0.25, 0.3) is 0 Å². The summed E-state index contributed by atoms with van der Waals surface area (Å²) < 4.78 is 17.0. The minimum atomic E-state index is -1.75. The number of phenols is 1. The molecule has 3 rings (SSSR count). The van der Waals surface area contributed by atoms with Gasteiger partial charge in [-0.25, -0.2) is 9.23 Å². The van der Waals surface area contributed by atoms with Crippen LogP contribution in [0.4, 0.5) is 10.1 Å². The van der Waals surface area contributed by atoms with Crippen molar-refractivity contribution in [3.05, 3.63) is 54.1 Å². The molecule has 0 aromatic heterocycles. The fourth-order valence-electron chi connectivity index (χ4n) is 3.93. The molecular weight excluding hydrogens is 489 g/mol. The summed E-state index contributed by atoms with van der Waals surface area (Å²) in [6, 6.07) is 15.6. The number of rotatable bonds is 11. The molecule has 1 aliphatic rings. The Kier molecular flexibility index (Phi) is 16.9. The fraction of sp³-hybridized carbons (Fsp3) is 0.552. The van der Waals surface area contributed by atoms with Gasteiger partial charge in [0.2, 0.25) is 5.69 Å². The van der Waals surface area contributed by atoms with Crippen molar-refractivity contribution in [2.75, 3.05) is 27.7 Å². The fourth-order valence-corrected chi connectivity index (χ4v) is 4.65. The number of carbonyl (C=O) groups excluding carboxylic acids is 1. The number of amides is 1. The van der Waals surface area contributed by atoms with Gasteiger partial charge in [-0.2, -0.15) is 5.48 Å². The number of carbonyl (C=O) groups is 1. The molecule has 1 amide bonds. The number of nitrogens with two attached hydrogens (primary N) is 1. The topological polar surface area (TPSA) is 78.4 Å². The first kappa shape index (κ1) is 32.9. The highest BCUT2D eigenvalue weighted by molar-refractivity contribution is 7.98. The number of nitrogens with one attached hydrogen (secondary N) is 1. The third-order valence-electron chi connectivity index (χ3n) is 5.97. The van der Waals surface area contributed by atoms with Crippen LogP contribution in [0.2, 0.25) is 0 Å². The van der Waals surface area contributed by atoms with Gasteiger partial charge < -0.3 is 10.0 Å². The molecule has 208 valence electrons. The minimum Gasteiger partial charge on any atom is -0.503 e. The summed E-state index contributed by atoms with van der Waals surface area (Å²) in [5, 5.41) is 9.62. The quantitative estimate of drug-likeness (QED) is 0.109. The predicted molar refractivity (Wildman–Crippen MR) is 152 cm³/mol. The monoisotopic (exact) mass is 536 g/mol. The van der Waals surface area contributed by atoms with Crippen LogP contribution >= 0.6 is 11.9 Å². The summed E-state index contributed by atoms with van der Waals surface area (Å²) >= 11 is 1.04. The van der Waals surface area contributed by atoms with E-state index >= 15 is 0 Å². The Morgan fingerprint density at radius 1 is 1.08 bits per heavy atom. The molecule has 0 heterocycles. The molecule has 1 saturated carbocycles. The van der Waals surface area contributed by atoms with Gasteiger partial charge in [0.1, 0.15) is 0 Å². The van der Waals surface area contributed by atoms with E-state index in [2.05, 4.69) is 54.0 Å². The Balaban J connectivity index is 0.000000372. The number of unbranched alkanes of at least 4 members (excludes halogenated alkanes) is 2. The number of phenolic OH excluding ortho intramolecular Hbond substituents is 1. The Hall–Kier alpha value is -2.13. The van der Waals surface area contributed by atoms with E-state index in [4.69, 9.17) is 4.84 Å². The van der Waals surface area contributed by atoms with Gasteiger partial charge in [-0.1, -0.05) is 57.0 Å². The predicted octanol–water partition coefficient (Wildman–Crippen LogP) is 5.93. The number of halogens is 1. The standard InChI is InChI=1S/C14H19FN2O3S.C13H21N.C2H6/c1-20-16-11-9-10(5-6-12(11)18)21-17-13(19)14(15)7-3-2-4-8-14;1-14(2)12-8-4-7-11-13-9-5-3-6-10-13;1-2/h5-6,9,16,18H,2-4,7-8H2,1H3,(H,17,19);3,5-6,9-10H,4,7-8,11-12H2,1-2H3;1-2H3/p+1. The first-order valence-corrected chi connectivity index (χ1v) is 14.2. The van der Waals surface area contributed by atoms with E-state index in [-0.39, 0.29) is 18.6 Å². The number of aryl methyl sites for hydroxylation is 1. The van der Waals surface area contributed by atoms with Crippen LogP contribution in [-0.4, -0.2) is 49.3 Å². The van der Waals surface area contributed by atoms with Gasteiger partial charge in [-0.3, -0.25) is 9.52 Å². The zero-order valence-corrected chi connectivity index (χ0v) is 24.1. The normalized spacial score (nSPS) is 14.1. The lowest BCUT2D eigenvalue weighted by atomic mass is 9.86. The van der Waals surface area contributed by atoms with E-state index in [9.17, 15) is 14.3 Å². The van der Waals surface area contributed by atoms with Gasteiger partial charge in [0.15, 0.2) is 11.4 Å². The van der Waals surface area contributed by atoms with E-state index in [0.29, 0.717) is 10.6 Å². The van der Waals surface area contributed by atoms with Gasteiger partial charge in [0, 0.05) is 11.0 Å². The van der Waals surface area contributed by atoms with E-state index in [1.165, 1.54) is 56.4 Å². The zero-order valence-electron chi connectivity index (χ0n) is 23.3. The van der Waals surface area contributed by atoms with Gasteiger partial charge in [-0.15, -0.1) is 0 Å². The van der Waals surface area contributed by atoms with Crippen molar-refractivity contribution in [2.24, 2.45) is 0 Å². The Morgan fingerprint density at radius 2 is 1.76 bits per heavy atom. The first-order valence-electron chi connectivity index (χ1n) is 13.4. The molecule has 0 bridgehead atoms. The van der Waals surface area contributed by atoms with Gasteiger partial charge in [-0.05, 0) is 95.2 Å². The lowest BCUT2D eigenvalue weighted by Gasteiger charge is -2.27. The third-order valence-corrected chi connectivity index (χ3v) is 6.75. The van der Waals surface area contributed by atoms with Crippen LogP contribution in [0.15, 0.2) is 53.4 Å². The van der Waals surface area contributed by atoms with Crippen molar-refractivity contribution in [3.8, 4) is 5.75 Å². The summed E-state index contributed by atoms with van der Waals surface area (Å²) in [7, 11) is 5.76. The molecule has 0 unspecified atom stereocenters. The van der Waals surface area contributed by atoms with Crippen molar-refractivity contribution < 1.29 is 24.6 Å². The molecule has 1 fully saturated rings. The molecule has 0 spiro atoms. The van der Waals surface area contributed by atoms with Crippen molar-refractivity contribution in [1.82, 2.24) is 9.62 Å². The summed E-state index contributed by atoms with van der Waals surface area (Å²) in [6.45, 7) is 5.22. The maximum absolute atomic E-state index is 14.4. The molecule has 1 aliphatic carbocycles. The lowest BCUT2D eigenvalue weighted by molar-refractivity contribution is -0.830. The van der Waals surface area contributed by atoms with Gasteiger partial charge in [0.05, 0.1) is 7.11 Å². The Bertz CT molecular complexity index is 878. The Morgan fingerprint density at radius 3 is 2.38 bits per heavy atom. The van der Waals surface area contributed by atoms with Crippen LogP contribution in [0.3, 0.4) is 0 Å². The SMILES string of the molecule is CC.CN(C)CCCCCc1ccccc1.CO[NH2+]c1cc(SNC(=O)C2(F)CCCCC2)ccc1O. The van der Waals surface area contributed by atoms with Crippen LogP contribution in [0.1, 0.15) is 70.8 Å². The average Bonchev–Trinajstić information content (AvgIpc) is 2.91. The van der Waals surface area contributed by atoms with Crippen molar-refractivity contribution in [2.45, 2.75) is 82.2 Å². The molecule has 8 heteroatoms. The zero-order chi connectivity index (χ0) is 27.5. The number of hydrogen-bond acceptors (Lipinski definition) is 5. The second-order valence-electron chi connectivity index (χ2n) is 9.23. The van der Waals surface area contributed by atoms with Gasteiger partial charge in [0.25, 0.3) is 5.91 Å². The van der Waals surface area contributed by atoms with Crippen LogP contribution in [0.5, 0.6) is 5.75 Å². The minimum absolute atomic E-state index is 0.0850. The number of benzene rings is 2. The van der Waals surface area contributed by atoms with Crippen LogP contribution < -0.4 is 10.2 Å². The summed E-state index contributed by atoms with van der Waals surface area (Å²) in [5.41, 5.74) is 1.63. The molecule has 2 aromatic rings. The molecule has 6 nitrogen and oxygen atoms in total. The summed E-state index contributed by atoms with van der Waals surface area (Å²) in [4.78, 5) is 19.8. The van der Waals surface area contributed by atoms with Crippen molar-refractivity contribution >= 4 is 23.5 Å². The van der Waals surface area contributed by atoms with Gasteiger partial charge >= 0.3 is 0 Å². The highest BCUT2D eigenvalue weighted by atomic mass is 32.2. The summed E-state index contributed by atoms with van der Waals surface area (Å²) in [6.07, 6.45) is 8.27. The lowest BCUT2D eigenvalue weighted by Crippen LogP contribution is -2.75. The maximum atomic E-state index is 14.4. The molecule has 0 aliphatic heterocycles. The molecule has 0 radical (unpaired) electrons.